The van der Waals surface area contributed by atoms with Crippen LogP contribution in [0.15, 0.2) is 23.6 Å². The quantitative estimate of drug-likeness (QED) is 0.840. The molecule has 1 heterocycles. The van der Waals surface area contributed by atoms with Crippen molar-refractivity contribution in [3.8, 4) is 10.6 Å². The summed E-state index contributed by atoms with van der Waals surface area (Å²) in [5, 5.41) is 2.83. The first-order valence-electron chi connectivity index (χ1n) is 5.76. The first-order chi connectivity index (χ1) is 8.56. The van der Waals surface area contributed by atoms with Gasteiger partial charge in [0.15, 0.2) is 0 Å². The van der Waals surface area contributed by atoms with E-state index in [-0.39, 0.29) is 11.6 Å². The van der Waals surface area contributed by atoms with Crippen molar-refractivity contribution in [3.63, 3.8) is 0 Å². The minimum atomic E-state index is -0.202. The third kappa shape index (κ3) is 3.01. The second-order valence-electron chi connectivity index (χ2n) is 4.31. The number of ketones is 1. The molecule has 1 aromatic carbocycles. The van der Waals surface area contributed by atoms with Crippen LogP contribution in [0.3, 0.4) is 0 Å². The van der Waals surface area contributed by atoms with Crippen LogP contribution in [-0.2, 0) is 11.2 Å². The van der Waals surface area contributed by atoms with Gasteiger partial charge < -0.3 is 4.79 Å². The number of rotatable bonds is 4. The molecule has 0 N–H and O–H groups in total. The van der Waals surface area contributed by atoms with E-state index < -0.39 is 0 Å². The van der Waals surface area contributed by atoms with Crippen molar-refractivity contribution < 1.29 is 9.18 Å². The summed E-state index contributed by atoms with van der Waals surface area (Å²) in [5.41, 5.74) is 2.47. The van der Waals surface area contributed by atoms with Crippen LogP contribution in [0.2, 0.25) is 0 Å². The molecule has 94 valence electrons. The first-order valence-corrected chi connectivity index (χ1v) is 6.64. The smallest absolute Gasteiger partial charge is 0.130 e. The van der Waals surface area contributed by atoms with Crippen LogP contribution in [0.25, 0.3) is 10.6 Å². The number of nitrogens with zero attached hydrogens (tertiary/aromatic N) is 1. The summed E-state index contributed by atoms with van der Waals surface area (Å²) in [7, 11) is 0. The monoisotopic (exact) mass is 263 g/mol. The molecule has 0 saturated heterocycles. The van der Waals surface area contributed by atoms with Crippen LogP contribution in [0.5, 0.6) is 0 Å². The lowest BCUT2D eigenvalue weighted by Crippen LogP contribution is -1.94. The maximum Gasteiger partial charge on any atom is 0.130 e. The molecule has 0 atom stereocenters. The Morgan fingerprint density at radius 1 is 1.44 bits per heavy atom. The summed E-state index contributed by atoms with van der Waals surface area (Å²) >= 11 is 1.52. The zero-order valence-electron chi connectivity index (χ0n) is 10.4. The average Bonchev–Trinajstić information content (AvgIpc) is 2.79. The second kappa shape index (κ2) is 5.40. The minimum absolute atomic E-state index is 0.169. The zero-order valence-corrected chi connectivity index (χ0v) is 11.2. The van der Waals surface area contributed by atoms with Gasteiger partial charge in [0.1, 0.15) is 16.6 Å². The second-order valence-corrected chi connectivity index (χ2v) is 5.17. The van der Waals surface area contributed by atoms with Crippen molar-refractivity contribution >= 4 is 17.1 Å². The number of halogens is 1. The van der Waals surface area contributed by atoms with Crippen LogP contribution in [0, 0.1) is 12.7 Å². The van der Waals surface area contributed by atoms with Gasteiger partial charge >= 0.3 is 0 Å². The molecule has 4 heteroatoms. The first kappa shape index (κ1) is 12.9. The normalized spacial score (nSPS) is 10.6. The van der Waals surface area contributed by atoms with Crippen molar-refractivity contribution in [3.05, 3.63) is 40.7 Å². The van der Waals surface area contributed by atoms with Crippen molar-refractivity contribution in [2.24, 2.45) is 0 Å². The molecule has 0 unspecified atom stereocenters. The van der Waals surface area contributed by atoms with Gasteiger partial charge in [-0.3, -0.25) is 0 Å². The Labute approximate surface area is 110 Å². The van der Waals surface area contributed by atoms with E-state index in [0.29, 0.717) is 18.4 Å². The van der Waals surface area contributed by atoms with Crippen LogP contribution in [0.4, 0.5) is 4.39 Å². The Morgan fingerprint density at radius 3 is 2.89 bits per heavy atom. The highest BCUT2D eigenvalue weighted by Crippen LogP contribution is 2.25. The molecule has 1 aromatic heterocycles. The molecule has 0 spiro atoms. The van der Waals surface area contributed by atoms with Crippen LogP contribution >= 0.6 is 11.3 Å². The lowest BCUT2D eigenvalue weighted by molar-refractivity contribution is -0.116. The number of benzene rings is 1. The van der Waals surface area contributed by atoms with Gasteiger partial charge in [-0.2, -0.15) is 0 Å². The van der Waals surface area contributed by atoms with E-state index in [2.05, 4.69) is 4.98 Å². The van der Waals surface area contributed by atoms with Gasteiger partial charge in [0.2, 0.25) is 0 Å². The molecule has 0 amide bonds. The maximum atomic E-state index is 13.2. The molecular formula is C14H14FNOS. The van der Waals surface area contributed by atoms with E-state index in [1.807, 2.05) is 5.38 Å². The highest BCUT2D eigenvalue weighted by atomic mass is 32.1. The van der Waals surface area contributed by atoms with Crippen LogP contribution < -0.4 is 0 Å². The molecule has 0 radical (unpaired) electrons. The van der Waals surface area contributed by atoms with E-state index in [1.165, 1.54) is 17.4 Å². The lowest BCUT2D eigenvalue weighted by Gasteiger charge is -1.99. The number of Topliss-reactive ketones (excluding diaryl/α,β-unsaturated/α-hetero) is 1. The Morgan fingerprint density at radius 2 is 2.22 bits per heavy atom. The molecule has 2 aromatic rings. The fourth-order valence-corrected chi connectivity index (χ4v) is 2.49. The Kier molecular flexibility index (Phi) is 3.87. The molecular weight excluding hydrogens is 249 g/mol. The SMILES string of the molecule is CC(=O)CCc1csc(-c2ccc(F)c(C)c2)n1. The van der Waals surface area contributed by atoms with Crippen molar-refractivity contribution in [1.82, 2.24) is 4.98 Å². The van der Waals surface area contributed by atoms with Gasteiger partial charge in [-0.05, 0) is 44.0 Å². The third-order valence-electron chi connectivity index (χ3n) is 2.69. The van der Waals surface area contributed by atoms with Gasteiger partial charge in [0.05, 0.1) is 5.69 Å². The standard InChI is InChI=1S/C14H14FNOS/c1-9-7-11(4-6-13(9)15)14-16-12(8-18-14)5-3-10(2)17/h4,6-8H,3,5H2,1-2H3. The number of aryl methyl sites for hydroxylation is 2. The Balaban J connectivity index is 2.18. The number of hydrogen-bond donors (Lipinski definition) is 0. The molecule has 0 bridgehead atoms. The predicted octanol–water partition coefficient (Wildman–Crippen LogP) is 3.78. The number of hydrogen-bond acceptors (Lipinski definition) is 3. The molecule has 0 aliphatic carbocycles. The Hall–Kier alpha value is -1.55. The van der Waals surface area contributed by atoms with E-state index in [9.17, 15) is 9.18 Å². The molecule has 0 fully saturated rings. The molecule has 0 aliphatic heterocycles. The molecule has 2 rings (SSSR count). The molecule has 18 heavy (non-hydrogen) atoms. The number of carbonyl (C=O) groups excluding carboxylic acids is 1. The summed E-state index contributed by atoms with van der Waals surface area (Å²) in [6.45, 7) is 3.32. The maximum absolute atomic E-state index is 13.2. The van der Waals surface area contributed by atoms with E-state index >= 15 is 0 Å². The average molecular weight is 263 g/mol. The van der Waals surface area contributed by atoms with E-state index in [4.69, 9.17) is 0 Å². The van der Waals surface area contributed by atoms with Gasteiger partial charge in [0.25, 0.3) is 0 Å². The number of aromatic nitrogens is 1. The van der Waals surface area contributed by atoms with Crippen LogP contribution in [0.1, 0.15) is 24.6 Å². The highest BCUT2D eigenvalue weighted by molar-refractivity contribution is 7.13. The fourth-order valence-electron chi connectivity index (χ4n) is 1.64. The highest BCUT2D eigenvalue weighted by Gasteiger charge is 2.07. The van der Waals surface area contributed by atoms with Gasteiger partial charge in [-0.25, -0.2) is 9.37 Å². The molecule has 0 saturated carbocycles. The topological polar surface area (TPSA) is 30.0 Å². The molecule has 0 aliphatic rings. The van der Waals surface area contributed by atoms with Crippen molar-refractivity contribution in [2.75, 3.05) is 0 Å². The van der Waals surface area contributed by atoms with E-state index in [0.717, 1.165) is 16.3 Å². The van der Waals surface area contributed by atoms with Crippen LogP contribution in [-0.4, -0.2) is 10.8 Å². The summed E-state index contributed by atoms with van der Waals surface area (Å²) in [6, 6.07) is 4.99. The fraction of sp³-hybridized carbons (Fsp3) is 0.286. The lowest BCUT2D eigenvalue weighted by atomic mass is 10.1. The Bertz CT molecular complexity index is 577. The minimum Gasteiger partial charge on any atom is -0.300 e. The largest absolute Gasteiger partial charge is 0.300 e. The third-order valence-corrected chi connectivity index (χ3v) is 3.63. The van der Waals surface area contributed by atoms with Gasteiger partial charge in [-0.1, -0.05) is 0 Å². The summed E-state index contributed by atoms with van der Waals surface area (Å²) in [6.07, 6.45) is 1.19. The summed E-state index contributed by atoms with van der Waals surface area (Å²) in [4.78, 5) is 15.4. The van der Waals surface area contributed by atoms with E-state index in [1.54, 1.807) is 26.0 Å². The summed E-state index contributed by atoms with van der Waals surface area (Å²) < 4.78 is 13.2. The van der Waals surface area contributed by atoms with Gasteiger partial charge in [-0.15, -0.1) is 11.3 Å². The van der Waals surface area contributed by atoms with Crippen molar-refractivity contribution in [1.29, 1.82) is 0 Å². The zero-order chi connectivity index (χ0) is 13.1. The summed E-state index contributed by atoms with van der Waals surface area (Å²) in [5.74, 6) is -0.0331. The number of carbonyl (C=O) groups is 1. The molecule has 2 nitrogen and oxygen atoms in total. The predicted molar refractivity (Wildman–Crippen MR) is 71.2 cm³/mol. The number of thiazole rings is 1. The van der Waals surface area contributed by atoms with Crippen molar-refractivity contribution in [2.45, 2.75) is 26.7 Å². The van der Waals surface area contributed by atoms with Gasteiger partial charge in [0, 0.05) is 17.4 Å².